The maximum absolute atomic E-state index is 12.5. The van der Waals surface area contributed by atoms with Crippen LogP contribution in [0.1, 0.15) is 0 Å². The van der Waals surface area contributed by atoms with E-state index in [-0.39, 0.29) is 12.3 Å². The molecule has 4 N–H and O–H groups in total. The first-order chi connectivity index (χ1) is 4.75. The topological polar surface area (TPSA) is 58.3 Å². The van der Waals surface area contributed by atoms with Crippen molar-refractivity contribution in [3.8, 4) is 0 Å². The Hall–Kier alpha value is -1.03. The van der Waals surface area contributed by atoms with Crippen LogP contribution >= 0.6 is 0 Å². The van der Waals surface area contributed by atoms with E-state index in [1.165, 1.54) is 6.20 Å². The molecule has 0 aromatic rings. The quantitative estimate of drug-likeness (QED) is 0.469. The van der Waals surface area contributed by atoms with Crippen LogP contribution in [0.2, 0.25) is 0 Å². The lowest BCUT2D eigenvalue weighted by atomic mass is 10.1. The van der Waals surface area contributed by atoms with E-state index in [1.54, 1.807) is 0 Å². The monoisotopic (exact) mass is 144 g/mol. The number of hydrogen-bond donors (Lipinski definition) is 3. The Morgan fingerprint density at radius 1 is 1.80 bits per heavy atom. The molecule has 4 heteroatoms. The van der Waals surface area contributed by atoms with E-state index in [4.69, 9.17) is 10.8 Å². The Labute approximate surface area is 58.0 Å². The van der Waals surface area contributed by atoms with E-state index in [0.29, 0.717) is 12.1 Å². The zero-order chi connectivity index (χ0) is 7.56. The standard InChI is InChI=1S/C6H9FN2O/c7-5-2-9-1-4(3-10)6(5)8/h2,9-10H,1,3,8H2. The van der Waals surface area contributed by atoms with E-state index >= 15 is 0 Å². The van der Waals surface area contributed by atoms with Gasteiger partial charge in [0.2, 0.25) is 0 Å². The molecule has 0 radical (unpaired) electrons. The number of nitrogens with one attached hydrogen (secondary N) is 1. The van der Waals surface area contributed by atoms with Crippen molar-refractivity contribution in [3.05, 3.63) is 23.3 Å². The highest BCUT2D eigenvalue weighted by Gasteiger charge is 2.10. The average molecular weight is 144 g/mol. The molecule has 0 atom stereocenters. The number of nitrogens with two attached hydrogens (primary N) is 1. The van der Waals surface area contributed by atoms with Gasteiger partial charge in [0, 0.05) is 18.3 Å². The molecule has 0 aliphatic carbocycles. The van der Waals surface area contributed by atoms with Gasteiger partial charge < -0.3 is 16.2 Å². The third kappa shape index (κ3) is 1.11. The van der Waals surface area contributed by atoms with Crippen LogP contribution in [-0.4, -0.2) is 18.3 Å². The van der Waals surface area contributed by atoms with E-state index in [2.05, 4.69) is 5.32 Å². The first-order valence-electron chi connectivity index (χ1n) is 2.93. The summed E-state index contributed by atoms with van der Waals surface area (Å²) in [6.07, 6.45) is 1.19. The predicted molar refractivity (Wildman–Crippen MR) is 35.5 cm³/mol. The molecule has 1 aliphatic rings. The van der Waals surface area contributed by atoms with Gasteiger partial charge in [0.05, 0.1) is 12.3 Å². The molecule has 1 aliphatic heterocycles. The Kier molecular flexibility index (Phi) is 1.91. The third-order valence-corrected chi connectivity index (χ3v) is 1.37. The molecule has 1 heterocycles. The SMILES string of the molecule is NC1=C(CO)CNC=C1F. The van der Waals surface area contributed by atoms with Crippen molar-refractivity contribution in [2.45, 2.75) is 0 Å². The minimum absolute atomic E-state index is 0.0567. The molecule has 56 valence electrons. The van der Waals surface area contributed by atoms with Gasteiger partial charge in [0.15, 0.2) is 5.83 Å². The number of halogens is 1. The summed E-state index contributed by atoms with van der Waals surface area (Å²) in [7, 11) is 0. The van der Waals surface area contributed by atoms with Gasteiger partial charge in [-0.3, -0.25) is 0 Å². The Balaban J connectivity index is 2.85. The molecule has 0 fully saturated rings. The number of hydrogen-bond acceptors (Lipinski definition) is 3. The third-order valence-electron chi connectivity index (χ3n) is 1.37. The van der Waals surface area contributed by atoms with E-state index < -0.39 is 5.83 Å². The van der Waals surface area contributed by atoms with Crippen LogP contribution in [0.25, 0.3) is 0 Å². The summed E-state index contributed by atoms with van der Waals surface area (Å²) in [6.45, 7) is 0.232. The Bertz CT molecular complexity index is 198. The number of aliphatic hydroxyl groups is 1. The fourth-order valence-corrected chi connectivity index (χ4v) is 0.747. The van der Waals surface area contributed by atoms with Crippen LogP contribution in [-0.2, 0) is 0 Å². The molecule has 0 unspecified atom stereocenters. The highest BCUT2D eigenvalue weighted by molar-refractivity contribution is 5.32. The minimum atomic E-state index is -0.504. The molecule has 0 amide bonds. The second-order valence-corrected chi connectivity index (χ2v) is 2.05. The zero-order valence-electron chi connectivity index (χ0n) is 5.39. The van der Waals surface area contributed by atoms with Crippen molar-refractivity contribution < 1.29 is 9.50 Å². The summed E-state index contributed by atoms with van der Waals surface area (Å²) >= 11 is 0. The van der Waals surface area contributed by atoms with Crippen LogP contribution < -0.4 is 11.1 Å². The normalized spacial score (nSPS) is 18.4. The zero-order valence-corrected chi connectivity index (χ0v) is 5.39. The highest BCUT2D eigenvalue weighted by atomic mass is 19.1. The second-order valence-electron chi connectivity index (χ2n) is 2.05. The number of allylic oxidation sites excluding steroid dienone is 1. The summed E-state index contributed by atoms with van der Waals surface area (Å²) in [4.78, 5) is 0. The lowest BCUT2D eigenvalue weighted by Crippen LogP contribution is -2.22. The summed E-state index contributed by atoms with van der Waals surface area (Å²) in [5.41, 5.74) is 5.83. The minimum Gasteiger partial charge on any atom is -0.396 e. The number of rotatable bonds is 1. The fraction of sp³-hybridized carbons (Fsp3) is 0.333. The molecule has 0 bridgehead atoms. The van der Waals surface area contributed by atoms with Gasteiger partial charge in [-0.15, -0.1) is 0 Å². The number of aliphatic hydroxyl groups excluding tert-OH is 1. The van der Waals surface area contributed by atoms with Crippen LogP contribution in [0.5, 0.6) is 0 Å². The molecule has 0 saturated carbocycles. The van der Waals surface area contributed by atoms with Gasteiger partial charge >= 0.3 is 0 Å². The second kappa shape index (κ2) is 2.70. The van der Waals surface area contributed by atoms with Crippen molar-refractivity contribution in [1.82, 2.24) is 5.32 Å². The molecule has 3 nitrogen and oxygen atoms in total. The molecule has 0 aromatic carbocycles. The van der Waals surface area contributed by atoms with Crippen molar-refractivity contribution >= 4 is 0 Å². The molecule has 0 spiro atoms. The summed E-state index contributed by atoms with van der Waals surface area (Å²) < 4.78 is 12.5. The molecule has 0 saturated heterocycles. The predicted octanol–water partition coefficient (Wildman–Crippen LogP) is -0.394. The van der Waals surface area contributed by atoms with Crippen LogP contribution in [0.3, 0.4) is 0 Å². The fourth-order valence-electron chi connectivity index (χ4n) is 0.747. The van der Waals surface area contributed by atoms with Crippen LogP contribution in [0.4, 0.5) is 4.39 Å². The molecule has 1 rings (SSSR count). The van der Waals surface area contributed by atoms with Crippen molar-refractivity contribution in [1.29, 1.82) is 0 Å². The molecule has 10 heavy (non-hydrogen) atoms. The van der Waals surface area contributed by atoms with Gasteiger partial charge in [-0.2, -0.15) is 0 Å². The van der Waals surface area contributed by atoms with Gasteiger partial charge in [0.1, 0.15) is 0 Å². The molecular weight excluding hydrogens is 135 g/mol. The van der Waals surface area contributed by atoms with Crippen LogP contribution in [0.15, 0.2) is 23.3 Å². The summed E-state index contributed by atoms with van der Waals surface area (Å²) in [5.74, 6) is -0.504. The Morgan fingerprint density at radius 2 is 2.50 bits per heavy atom. The van der Waals surface area contributed by atoms with E-state index in [0.717, 1.165) is 0 Å². The maximum Gasteiger partial charge on any atom is 0.161 e. The van der Waals surface area contributed by atoms with Gasteiger partial charge in [0.25, 0.3) is 0 Å². The summed E-state index contributed by atoms with van der Waals surface area (Å²) in [6, 6.07) is 0. The van der Waals surface area contributed by atoms with Crippen molar-refractivity contribution in [2.24, 2.45) is 5.73 Å². The van der Waals surface area contributed by atoms with Crippen molar-refractivity contribution in [2.75, 3.05) is 13.2 Å². The molecular formula is C6H9FN2O. The highest BCUT2D eigenvalue weighted by Crippen LogP contribution is 2.12. The first kappa shape index (κ1) is 7.08. The smallest absolute Gasteiger partial charge is 0.161 e. The number of dihydropyridines is 1. The first-order valence-corrected chi connectivity index (χ1v) is 2.93. The van der Waals surface area contributed by atoms with Gasteiger partial charge in [-0.25, -0.2) is 4.39 Å². The van der Waals surface area contributed by atoms with Gasteiger partial charge in [-0.05, 0) is 0 Å². The largest absolute Gasteiger partial charge is 0.396 e. The van der Waals surface area contributed by atoms with E-state index in [9.17, 15) is 4.39 Å². The van der Waals surface area contributed by atoms with E-state index in [1.807, 2.05) is 0 Å². The summed E-state index contributed by atoms with van der Waals surface area (Å²) in [5, 5.41) is 11.2. The van der Waals surface area contributed by atoms with Gasteiger partial charge in [-0.1, -0.05) is 0 Å². The lowest BCUT2D eigenvalue weighted by Gasteiger charge is -2.13. The average Bonchev–Trinajstić information content (AvgIpc) is 1.95. The molecule has 0 aromatic heterocycles. The van der Waals surface area contributed by atoms with Crippen molar-refractivity contribution in [3.63, 3.8) is 0 Å². The Morgan fingerprint density at radius 3 is 3.00 bits per heavy atom. The maximum atomic E-state index is 12.5. The lowest BCUT2D eigenvalue weighted by molar-refractivity contribution is 0.325. The van der Waals surface area contributed by atoms with Crippen LogP contribution in [0, 0.1) is 0 Å².